The van der Waals surface area contributed by atoms with Gasteiger partial charge >= 0.3 is 0 Å². The Bertz CT molecular complexity index is 135. The summed E-state index contributed by atoms with van der Waals surface area (Å²) in [7, 11) is 0. The SMILES string of the molecule is CC(C)C(=O)C(=O)C(C)C.[HH].[HH]. The van der Waals surface area contributed by atoms with Gasteiger partial charge in [-0.2, -0.15) is 0 Å². The van der Waals surface area contributed by atoms with Crippen LogP contribution in [0.15, 0.2) is 0 Å². The lowest BCUT2D eigenvalue weighted by Gasteiger charge is -2.04. The molecule has 0 bridgehead atoms. The first-order valence-electron chi connectivity index (χ1n) is 3.54. The van der Waals surface area contributed by atoms with Gasteiger partial charge in [-0.3, -0.25) is 9.59 Å². The molecule has 0 amide bonds. The van der Waals surface area contributed by atoms with Crippen LogP contribution in [0.2, 0.25) is 0 Å². The second kappa shape index (κ2) is 3.49. The molecule has 0 aliphatic rings. The Morgan fingerprint density at radius 2 is 1.10 bits per heavy atom. The molecule has 0 unspecified atom stereocenters. The van der Waals surface area contributed by atoms with Crippen LogP contribution in [0.25, 0.3) is 0 Å². The highest BCUT2D eigenvalue weighted by Gasteiger charge is 2.19. The number of hydrogen-bond donors (Lipinski definition) is 0. The molecule has 2 heteroatoms. The van der Waals surface area contributed by atoms with Crippen LogP contribution in [0, 0.1) is 11.8 Å². The van der Waals surface area contributed by atoms with Crippen molar-refractivity contribution in [2.75, 3.05) is 0 Å². The minimum Gasteiger partial charge on any atom is -0.291 e. The number of carbonyl (C=O) groups excluding carboxylic acids is 2. The second-order valence-corrected chi connectivity index (χ2v) is 3.04. The Hall–Kier alpha value is -0.660. The Morgan fingerprint density at radius 1 is 0.900 bits per heavy atom. The van der Waals surface area contributed by atoms with Crippen LogP contribution in [0.3, 0.4) is 0 Å². The summed E-state index contributed by atoms with van der Waals surface area (Å²) in [6.07, 6.45) is 0. The van der Waals surface area contributed by atoms with Crippen molar-refractivity contribution in [3.8, 4) is 0 Å². The van der Waals surface area contributed by atoms with E-state index in [9.17, 15) is 9.59 Å². The average Bonchev–Trinajstić information content (AvgIpc) is 1.84. The summed E-state index contributed by atoms with van der Waals surface area (Å²) in [6, 6.07) is 0. The van der Waals surface area contributed by atoms with Crippen molar-refractivity contribution < 1.29 is 12.4 Å². The number of ketones is 2. The van der Waals surface area contributed by atoms with Crippen LogP contribution in [-0.4, -0.2) is 11.6 Å². The quantitative estimate of drug-likeness (QED) is 0.570. The van der Waals surface area contributed by atoms with Crippen molar-refractivity contribution in [3.63, 3.8) is 0 Å². The van der Waals surface area contributed by atoms with E-state index in [1.807, 2.05) is 0 Å². The van der Waals surface area contributed by atoms with Crippen LogP contribution < -0.4 is 0 Å². The molecule has 0 rings (SSSR count). The highest BCUT2D eigenvalue weighted by molar-refractivity contribution is 6.38. The van der Waals surface area contributed by atoms with Gasteiger partial charge in [0.2, 0.25) is 11.6 Å². The predicted molar refractivity (Wildman–Crippen MR) is 43.9 cm³/mol. The van der Waals surface area contributed by atoms with E-state index in [0.717, 1.165) is 0 Å². The number of Topliss-reactive ketones (excluding diaryl/α,β-unsaturated/α-hetero) is 2. The van der Waals surface area contributed by atoms with E-state index in [0.29, 0.717) is 0 Å². The van der Waals surface area contributed by atoms with E-state index >= 15 is 0 Å². The van der Waals surface area contributed by atoms with Crippen molar-refractivity contribution in [2.24, 2.45) is 11.8 Å². The van der Waals surface area contributed by atoms with Crippen LogP contribution in [-0.2, 0) is 9.59 Å². The molecule has 10 heavy (non-hydrogen) atoms. The van der Waals surface area contributed by atoms with Gasteiger partial charge in [0.15, 0.2) is 0 Å². The fraction of sp³-hybridized carbons (Fsp3) is 0.750. The molecule has 0 aromatic rings. The van der Waals surface area contributed by atoms with E-state index in [1.165, 1.54) is 0 Å². The summed E-state index contributed by atoms with van der Waals surface area (Å²) in [5, 5.41) is 0. The summed E-state index contributed by atoms with van der Waals surface area (Å²) < 4.78 is 0. The summed E-state index contributed by atoms with van der Waals surface area (Å²) >= 11 is 0. The molecule has 0 spiro atoms. The fourth-order valence-corrected chi connectivity index (χ4v) is 0.569. The highest BCUT2D eigenvalue weighted by Crippen LogP contribution is 2.02. The van der Waals surface area contributed by atoms with Gasteiger partial charge in [0.05, 0.1) is 0 Å². The molecular weight excluding hydrogens is 128 g/mol. The normalized spacial score (nSPS) is 10.6. The minimum atomic E-state index is -0.255. The Kier molecular flexibility index (Phi) is 3.26. The highest BCUT2D eigenvalue weighted by atomic mass is 16.2. The molecule has 0 atom stereocenters. The Labute approximate surface area is 64.6 Å². The summed E-state index contributed by atoms with van der Waals surface area (Å²) in [5.74, 6) is -0.824. The van der Waals surface area contributed by atoms with E-state index in [2.05, 4.69) is 0 Å². The van der Waals surface area contributed by atoms with Crippen molar-refractivity contribution in [2.45, 2.75) is 27.7 Å². The number of carbonyl (C=O) groups is 2. The molecule has 62 valence electrons. The number of rotatable bonds is 3. The molecule has 0 fully saturated rings. The van der Waals surface area contributed by atoms with Crippen molar-refractivity contribution in [1.29, 1.82) is 0 Å². The lowest BCUT2D eigenvalue weighted by Crippen LogP contribution is -2.23. The Balaban J connectivity index is -0.000000405. The molecule has 0 N–H and O–H groups in total. The van der Waals surface area contributed by atoms with Gasteiger partial charge in [0.1, 0.15) is 0 Å². The molecule has 0 aromatic heterocycles. The number of hydrogen-bond acceptors (Lipinski definition) is 2. The van der Waals surface area contributed by atoms with Gasteiger partial charge in [-0.25, -0.2) is 0 Å². The van der Waals surface area contributed by atoms with E-state index in [4.69, 9.17) is 0 Å². The maximum atomic E-state index is 10.9. The maximum absolute atomic E-state index is 10.9. The van der Waals surface area contributed by atoms with Crippen molar-refractivity contribution >= 4 is 11.6 Å². The van der Waals surface area contributed by atoms with Gasteiger partial charge in [0, 0.05) is 14.7 Å². The van der Waals surface area contributed by atoms with Crippen molar-refractivity contribution in [3.05, 3.63) is 0 Å². The Morgan fingerprint density at radius 3 is 1.20 bits per heavy atom. The molecule has 0 heterocycles. The van der Waals surface area contributed by atoms with Crippen LogP contribution in [0.4, 0.5) is 0 Å². The second-order valence-electron chi connectivity index (χ2n) is 3.04. The van der Waals surface area contributed by atoms with Gasteiger partial charge in [-0.15, -0.1) is 0 Å². The van der Waals surface area contributed by atoms with Crippen LogP contribution in [0.5, 0.6) is 0 Å². The molecule has 0 aliphatic heterocycles. The first-order chi connectivity index (χ1) is 4.46. The van der Waals surface area contributed by atoms with E-state index < -0.39 is 0 Å². The molecule has 0 aliphatic carbocycles. The summed E-state index contributed by atoms with van der Waals surface area (Å²) in [6.45, 7) is 6.95. The van der Waals surface area contributed by atoms with Gasteiger partial charge in [0.25, 0.3) is 0 Å². The van der Waals surface area contributed by atoms with Gasteiger partial charge in [-0.05, 0) is 0 Å². The molecule has 0 radical (unpaired) electrons. The molecular formula is C8H18O2. The third-order valence-electron chi connectivity index (χ3n) is 1.29. The van der Waals surface area contributed by atoms with Crippen LogP contribution >= 0.6 is 0 Å². The third kappa shape index (κ3) is 2.29. The summed E-state index contributed by atoms with van der Waals surface area (Å²) in [5.41, 5.74) is 0. The lowest BCUT2D eigenvalue weighted by molar-refractivity contribution is -0.140. The minimum absolute atomic E-state index is 0. The summed E-state index contributed by atoms with van der Waals surface area (Å²) in [4.78, 5) is 21.9. The first kappa shape index (κ1) is 9.34. The van der Waals surface area contributed by atoms with E-state index in [1.54, 1.807) is 27.7 Å². The van der Waals surface area contributed by atoms with Gasteiger partial charge in [-0.1, -0.05) is 27.7 Å². The molecule has 2 nitrogen and oxygen atoms in total. The topological polar surface area (TPSA) is 34.1 Å². The van der Waals surface area contributed by atoms with E-state index in [-0.39, 0.29) is 26.3 Å². The lowest BCUT2D eigenvalue weighted by atomic mass is 9.98. The average molecular weight is 146 g/mol. The monoisotopic (exact) mass is 146 g/mol. The zero-order chi connectivity index (χ0) is 8.31. The van der Waals surface area contributed by atoms with Crippen LogP contribution in [0.1, 0.15) is 30.5 Å². The first-order valence-corrected chi connectivity index (χ1v) is 3.54. The maximum Gasteiger partial charge on any atom is 0.201 e. The molecule has 0 aromatic carbocycles. The van der Waals surface area contributed by atoms with Crippen molar-refractivity contribution in [1.82, 2.24) is 0 Å². The molecule has 0 saturated carbocycles. The standard InChI is InChI=1S/C8H14O2.2H2/c1-5(2)7(9)8(10)6(3)4;;/h5-6H,1-4H3;2*1H. The smallest absolute Gasteiger partial charge is 0.201 e. The fourth-order valence-electron chi connectivity index (χ4n) is 0.569. The predicted octanol–water partition coefficient (Wildman–Crippen LogP) is 1.93. The zero-order valence-corrected chi connectivity index (χ0v) is 6.97. The largest absolute Gasteiger partial charge is 0.291 e. The third-order valence-corrected chi connectivity index (χ3v) is 1.29. The zero-order valence-electron chi connectivity index (χ0n) is 6.97. The van der Waals surface area contributed by atoms with Gasteiger partial charge < -0.3 is 0 Å². The molecule has 0 saturated heterocycles.